The van der Waals surface area contributed by atoms with Gasteiger partial charge in [-0.1, -0.05) is 29.8 Å². The summed E-state index contributed by atoms with van der Waals surface area (Å²) >= 11 is 0. The van der Waals surface area contributed by atoms with Crippen molar-refractivity contribution in [3.8, 4) is 0 Å². The molecule has 1 N–H and O–H groups in total. The molecule has 1 heterocycles. The van der Waals surface area contributed by atoms with Crippen molar-refractivity contribution in [3.63, 3.8) is 0 Å². The molecule has 1 aromatic carbocycles. The van der Waals surface area contributed by atoms with Crippen LogP contribution in [0.1, 0.15) is 37.9 Å². The lowest BCUT2D eigenvalue weighted by Crippen LogP contribution is -2.15. The quantitative estimate of drug-likeness (QED) is 0.632. The Morgan fingerprint density at radius 2 is 2.11 bits per heavy atom. The van der Waals surface area contributed by atoms with Gasteiger partial charge in [-0.2, -0.15) is 0 Å². The van der Waals surface area contributed by atoms with E-state index in [1.54, 1.807) is 5.57 Å². The summed E-state index contributed by atoms with van der Waals surface area (Å²) in [5.41, 5.74) is 2.61. The summed E-state index contributed by atoms with van der Waals surface area (Å²) in [6.07, 6.45) is 8.92. The van der Waals surface area contributed by atoms with E-state index in [2.05, 4.69) is 23.5 Å². The van der Waals surface area contributed by atoms with Crippen LogP contribution in [0.25, 0.3) is 11.0 Å². The van der Waals surface area contributed by atoms with Gasteiger partial charge in [-0.05, 0) is 50.8 Å². The number of nitrogens with one attached hydrogen (secondary N) is 1. The van der Waals surface area contributed by atoms with Crippen LogP contribution in [0.3, 0.4) is 0 Å². The van der Waals surface area contributed by atoms with Crippen LogP contribution in [0, 0.1) is 0 Å². The van der Waals surface area contributed by atoms with E-state index in [1.165, 1.54) is 37.5 Å². The zero-order chi connectivity index (χ0) is 12.9. The molecule has 0 aliphatic heterocycles. The molecule has 2 aromatic rings. The number of furan rings is 1. The Balaban J connectivity index is 1.48. The van der Waals surface area contributed by atoms with Crippen LogP contribution in [0.15, 0.2) is 46.4 Å². The monoisotopic (exact) mass is 255 g/mol. The molecule has 1 aliphatic rings. The second-order valence-electron chi connectivity index (χ2n) is 5.29. The fraction of sp³-hybridized carbons (Fsp3) is 0.412. The minimum absolute atomic E-state index is 0.821. The van der Waals surface area contributed by atoms with Crippen molar-refractivity contribution in [1.82, 2.24) is 5.32 Å². The van der Waals surface area contributed by atoms with Crippen LogP contribution in [0.2, 0.25) is 0 Å². The van der Waals surface area contributed by atoms with E-state index < -0.39 is 0 Å². The van der Waals surface area contributed by atoms with Crippen LogP contribution in [0.4, 0.5) is 0 Å². The fourth-order valence-electron chi connectivity index (χ4n) is 2.72. The Bertz CT molecular complexity index is 534. The van der Waals surface area contributed by atoms with E-state index in [1.807, 2.05) is 18.2 Å². The first-order valence-electron chi connectivity index (χ1n) is 7.28. The molecular formula is C17H21NO. The summed E-state index contributed by atoms with van der Waals surface area (Å²) in [7, 11) is 0. The highest BCUT2D eigenvalue weighted by Gasteiger charge is 2.04. The Labute approximate surface area is 114 Å². The smallest absolute Gasteiger partial charge is 0.134 e. The third-order valence-electron chi connectivity index (χ3n) is 3.78. The second-order valence-corrected chi connectivity index (χ2v) is 5.29. The highest BCUT2D eigenvalue weighted by molar-refractivity contribution is 5.77. The van der Waals surface area contributed by atoms with E-state index in [9.17, 15) is 0 Å². The van der Waals surface area contributed by atoms with Crippen LogP contribution < -0.4 is 5.32 Å². The van der Waals surface area contributed by atoms with Crippen molar-refractivity contribution in [2.75, 3.05) is 6.54 Å². The molecule has 19 heavy (non-hydrogen) atoms. The van der Waals surface area contributed by atoms with Crippen molar-refractivity contribution >= 4 is 11.0 Å². The van der Waals surface area contributed by atoms with Crippen LogP contribution >= 0.6 is 0 Å². The number of hydrogen-bond acceptors (Lipinski definition) is 2. The van der Waals surface area contributed by atoms with Gasteiger partial charge in [0.15, 0.2) is 0 Å². The van der Waals surface area contributed by atoms with Gasteiger partial charge in [0, 0.05) is 5.39 Å². The predicted octanol–water partition coefficient (Wildman–Crippen LogP) is 4.41. The number of para-hydroxylation sites is 1. The molecule has 1 aromatic heterocycles. The number of rotatable bonds is 5. The summed E-state index contributed by atoms with van der Waals surface area (Å²) in [5.74, 6) is 1.03. The van der Waals surface area contributed by atoms with Gasteiger partial charge in [0.1, 0.15) is 11.3 Å². The fourth-order valence-corrected chi connectivity index (χ4v) is 2.72. The molecule has 100 valence electrons. The van der Waals surface area contributed by atoms with Crippen molar-refractivity contribution in [2.45, 2.75) is 38.6 Å². The highest BCUT2D eigenvalue weighted by Crippen LogP contribution is 2.20. The number of hydrogen-bond donors (Lipinski definition) is 1. The third-order valence-corrected chi connectivity index (χ3v) is 3.78. The summed E-state index contributed by atoms with van der Waals surface area (Å²) < 4.78 is 5.78. The number of allylic oxidation sites excluding steroid dienone is 1. The predicted molar refractivity (Wildman–Crippen MR) is 79.1 cm³/mol. The Morgan fingerprint density at radius 3 is 2.95 bits per heavy atom. The summed E-state index contributed by atoms with van der Waals surface area (Å²) in [5, 5.41) is 4.66. The molecular weight excluding hydrogens is 234 g/mol. The molecule has 0 spiro atoms. The molecule has 1 aliphatic carbocycles. The van der Waals surface area contributed by atoms with Crippen molar-refractivity contribution < 1.29 is 4.42 Å². The van der Waals surface area contributed by atoms with E-state index >= 15 is 0 Å². The largest absolute Gasteiger partial charge is 0.460 e. The van der Waals surface area contributed by atoms with Crippen LogP contribution in [0.5, 0.6) is 0 Å². The first kappa shape index (κ1) is 12.5. The maximum absolute atomic E-state index is 5.78. The third kappa shape index (κ3) is 3.27. The molecule has 0 bridgehead atoms. The lowest BCUT2D eigenvalue weighted by molar-refractivity contribution is 0.512. The number of benzene rings is 1. The van der Waals surface area contributed by atoms with Crippen molar-refractivity contribution in [3.05, 3.63) is 47.7 Å². The molecule has 0 saturated heterocycles. The molecule has 0 unspecified atom stereocenters. The van der Waals surface area contributed by atoms with Gasteiger partial charge in [0.05, 0.1) is 6.54 Å². The summed E-state index contributed by atoms with van der Waals surface area (Å²) in [4.78, 5) is 0. The van der Waals surface area contributed by atoms with E-state index in [0.717, 1.165) is 24.4 Å². The maximum Gasteiger partial charge on any atom is 0.134 e. The molecule has 0 atom stereocenters. The molecule has 0 fully saturated rings. The summed E-state index contributed by atoms with van der Waals surface area (Å²) in [6.45, 7) is 1.87. The van der Waals surface area contributed by atoms with E-state index in [4.69, 9.17) is 4.42 Å². The second kappa shape index (κ2) is 6.07. The first-order chi connectivity index (χ1) is 9.42. The van der Waals surface area contributed by atoms with Gasteiger partial charge >= 0.3 is 0 Å². The zero-order valence-corrected chi connectivity index (χ0v) is 11.3. The lowest BCUT2D eigenvalue weighted by Gasteiger charge is -2.12. The van der Waals surface area contributed by atoms with Crippen LogP contribution in [-0.2, 0) is 6.54 Å². The van der Waals surface area contributed by atoms with Gasteiger partial charge < -0.3 is 9.73 Å². The topological polar surface area (TPSA) is 25.2 Å². The zero-order valence-electron chi connectivity index (χ0n) is 11.3. The average Bonchev–Trinajstić information content (AvgIpc) is 2.87. The van der Waals surface area contributed by atoms with Gasteiger partial charge in [0.2, 0.25) is 0 Å². The van der Waals surface area contributed by atoms with Crippen LogP contribution in [-0.4, -0.2) is 6.54 Å². The number of fused-ring (bicyclic) bond motifs is 1. The standard InChI is InChI=1S/C17H21NO/c1-2-6-14(7-3-1)10-11-18-13-16-12-15-8-4-5-9-17(15)19-16/h4-6,8-9,12,18H,1-3,7,10-11,13H2. The van der Waals surface area contributed by atoms with Gasteiger partial charge in [-0.15, -0.1) is 0 Å². The Kier molecular flexibility index (Phi) is 3.99. The Morgan fingerprint density at radius 1 is 1.16 bits per heavy atom. The first-order valence-corrected chi connectivity index (χ1v) is 7.28. The molecule has 2 nitrogen and oxygen atoms in total. The van der Waals surface area contributed by atoms with Crippen molar-refractivity contribution in [2.24, 2.45) is 0 Å². The SMILES string of the molecule is C1=C(CCNCc2cc3ccccc3o2)CCCC1. The molecule has 2 heteroatoms. The van der Waals surface area contributed by atoms with Gasteiger partial charge in [-0.3, -0.25) is 0 Å². The molecule has 0 saturated carbocycles. The van der Waals surface area contributed by atoms with E-state index in [0.29, 0.717) is 0 Å². The average molecular weight is 255 g/mol. The molecule has 0 amide bonds. The lowest BCUT2D eigenvalue weighted by atomic mass is 9.97. The van der Waals surface area contributed by atoms with Crippen molar-refractivity contribution in [1.29, 1.82) is 0 Å². The minimum atomic E-state index is 0.821. The highest BCUT2D eigenvalue weighted by atomic mass is 16.3. The molecule has 3 rings (SSSR count). The van der Waals surface area contributed by atoms with Gasteiger partial charge in [0.25, 0.3) is 0 Å². The Hall–Kier alpha value is -1.54. The molecule has 0 radical (unpaired) electrons. The minimum Gasteiger partial charge on any atom is -0.460 e. The van der Waals surface area contributed by atoms with E-state index in [-0.39, 0.29) is 0 Å². The summed E-state index contributed by atoms with van der Waals surface area (Å²) in [6, 6.07) is 10.3. The maximum atomic E-state index is 5.78. The normalized spacial score (nSPS) is 15.7. The van der Waals surface area contributed by atoms with Gasteiger partial charge in [-0.25, -0.2) is 0 Å².